The van der Waals surface area contributed by atoms with Gasteiger partial charge < -0.3 is 5.32 Å². The average molecular weight is 330 g/mol. The molecule has 0 spiro atoms. The van der Waals surface area contributed by atoms with Gasteiger partial charge in [-0.05, 0) is 55.5 Å². The molecule has 1 aliphatic carbocycles. The third-order valence-electron chi connectivity index (χ3n) is 4.18. The number of benzene rings is 2. The highest BCUT2D eigenvalue weighted by Gasteiger charge is 2.23. The van der Waals surface area contributed by atoms with Gasteiger partial charge in [0.2, 0.25) is 0 Å². The molecular weight excluding hydrogens is 310 g/mol. The van der Waals surface area contributed by atoms with E-state index in [2.05, 4.69) is 77.6 Å². The molecule has 2 aromatic carbocycles. The smallest absolute Gasteiger partial charge is 0.0331 e. The van der Waals surface area contributed by atoms with E-state index in [1.54, 1.807) is 0 Å². The van der Waals surface area contributed by atoms with Crippen LogP contribution in [0.1, 0.15) is 47.7 Å². The minimum absolute atomic E-state index is 0.365. The van der Waals surface area contributed by atoms with Gasteiger partial charge in [-0.3, -0.25) is 0 Å². The van der Waals surface area contributed by atoms with Gasteiger partial charge in [0.05, 0.1) is 0 Å². The van der Waals surface area contributed by atoms with E-state index in [1.807, 2.05) is 0 Å². The zero-order valence-electron chi connectivity index (χ0n) is 12.0. The first kappa shape index (κ1) is 13.8. The van der Waals surface area contributed by atoms with Crippen molar-refractivity contribution < 1.29 is 0 Å². The molecule has 104 valence electrons. The molecule has 0 saturated heterocycles. The Morgan fingerprint density at radius 2 is 2.05 bits per heavy atom. The number of nitrogens with one attached hydrogen (secondary N) is 1. The Kier molecular flexibility index (Phi) is 3.95. The van der Waals surface area contributed by atoms with Crippen LogP contribution in [0.3, 0.4) is 0 Å². The van der Waals surface area contributed by atoms with Crippen molar-refractivity contribution in [1.82, 2.24) is 5.32 Å². The molecule has 3 rings (SSSR count). The van der Waals surface area contributed by atoms with Crippen molar-refractivity contribution >= 4 is 15.9 Å². The van der Waals surface area contributed by atoms with Gasteiger partial charge in [0.1, 0.15) is 0 Å². The third-order valence-corrected chi connectivity index (χ3v) is 4.67. The van der Waals surface area contributed by atoms with Crippen LogP contribution in [0.15, 0.2) is 46.9 Å². The zero-order chi connectivity index (χ0) is 14.1. The highest BCUT2D eigenvalue weighted by atomic mass is 79.9. The Bertz CT molecular complexity index is 621. The van der Waals surface area contributed by atoms with Gasteiger partial charge in [0, 0.05) is 16.6 Å². The fourth-order valence-electron chi connectivity index (χ4n) is 3.07. The first-order chi connectivity index (χ1) is 9.63. The lowest BCUT2D eigenvalue weighted by Crippen LogP contribution is -2.23. The van der Waals surface area contributed by atoms with Crippen molar-refractivity contribution in [2.45, 2.75) is 38.8 Å². The van der Waals surface area contributed by atoms with Crippen LogP contribution in [-0.2, 0) is 6.42 Å². The van der Waals surface area contributed by atoms with E-state index in [9.17, 15) is 0 Å². The molecule has 0 radical (unpaired) electrons. The van der Waals surface area contributed by atoms with E-state index < -0.39 is 0 Å². The van der Waals surface area contributed by atoms with Crippen molar-refractivity contribution in [3.63, 3.8) is 0 Å². The largest absolute Gasteiger partial charge is 0.303 e. The number of halogens is 1. The zero-order valence-corrected chi connectivity index (χ0v) is 13.6. The summed E-state index contributed by atoms with van der Waals surface area (Å²) in [6, 6.07) is 16.3. The van der Waals surface area contributed by atoms with Crippen molar-refractivity contribution in [2.75, 3.05) is 0 Å². The Morgan fingerprint density at radius 3 is 2.85 bits per heavy atom. The van der Waals surface area contributed by atoms with Crippen LogP contribution in [0.5, 0.6) is 0 Å². The number of aryl methyl sites for hydroxylation is 2. The number of hydrogen-bond donors (Lipinski definition) is 1. The lowest BCUT2D eigenvalue weighted by molar-refractivity contribution is 0.465. The fraction of sp³-hybridized carbons (Fsp3) is 0.333. The minimum atomic E-state index is 0.365. The third kappa shape index (κ3) is 2.82. The van der Waals surface area contributed by atoms with Crippen LogP contribution in [0.4, 0.5) is 0 Å². The molecule has 0 aliphatic heterocycles. The Morgan fingerprint density at radius 1 is 1.20 bits per heavy atom. The highest BCUT2D eigenvalue weighted by molar-refractivity contribution is 9.10. The Labute approximate surface area is 129 Å². The summed E-state index contributed by atoms with van der Waals surface area (Å²) in [6.45, 7) is 4.42. The molecule has 0 fully saturated rings. The molecule has 2 atom stereocenters. The van der Waals surface area contributed by atoms with Crippen LogP contribution in [0.2, 0.25) is 0 Å². The summed E-state index contributed by atoms with van der Waals surface area (Å²) in [6.07, 6.45) is 2.40. The number of rotatable bonds is 3. The monoisotopic (exact) mass is 329 g/mol. The lowest BCUT2D eigenvalue weighted by Gasteiger charge is -2.21. The van der Waals surface area contributed by atoms with E-state index in [4.69, 9.17) is 0 Å². The Balaban J connectivity index is 1.78. The van der Waals surface area contributed by atoms with Crippen LogP contribution in [0.25, 0.3) is 0 Å². The molecule has 2 unspecified atom stereocenters. The van der Waals surface area contributed by atoms with Gasteiger partial charge in [-0.15, -0.1) is 0 Å². The molecule has 0 heterocycles. The summed E-state index contributed by atoms with van der Waals surface area (Å²) in [5.41, 5.74) is 5.69. The van der Waals surface area contributed by atoms with E-state index in [0.29, 0.717) is 12.1 Å². The van der Waals surface area contributed by atoms with E-state index >= 15 is 0 Å². The highest BCUT2D eigenvalue weighted by Crippen LogP contribution is 2.33. The van der Waals surface area contributed by atoms with E-state index in [0.717, 1.165) is 4.47 Å². The van der Waals surface area contributed by atoms with E-state index in [1.165, 1.54) is 35.1 Å². The topological polar surface area (TPSA) is 12.0 Å². The second-order valence-corrected chi connectivity index (χ2v) is 6.65. The first-order valence-electron chi connectivity index (χ1n) is 7.24. The van der Waals surface area contributed by atoms with Gasteiger partial charge in [0.15, 0.2) is 0 Å². The Hall–Kier alpha value is -1.12. The van der Waals surface area contributed by atoms with Crippen LogP contribution in [0, 0.1) is 6.92 Å². The van der Waals surface area contributed by atoms with Crippen molar-refractivity contribution in [3.05, 3.63) is 69.2 Å². The predicted octanol–water partition coefficient (Wildman–Crippen LogP) is 5.10. The normalized spacial score (nSPS) is 18.9. The molecule has 20 heavy (non-hydrogen) atoms. The standard InChI is InChI=1S/C18H20BrN/c1-12-6-7-14-8-9-18(17(14)10-12)20-13(2)15-4-3-5-16(19)11-15/h3-7,10-11,13,18,20H,8-9H2,1-2H3. The number of fused-ring (bicyclic) bond motifs is 1. The molecule has 0 aromatic heterocycles. The molecule has 1 nitrogen and oxygen atoms in total. The van der Waals surface area contributed by atoms with Crippen molar-refractivity contribution in [2.24, 2.45) is 0 Å². The molecule has 1 aliphatic rings. The van der Waals surface area contributed by atoms with Crippen LogP contribution in [-0.4, -0.2) is 0 Å². The summed E-state index contributed by atoms with van der Waals surface area (Å²) in [5.74, 6) is 0. The molecule has 0 amide bonds. The summed E-state index contributed by atoms with van der Waals surface area (Å²) in [5, 5.41) is 3.78. The molecule has 2 heteroatoms. The summed E-state index contributed by atoms with van der Waals surface area (Å²) in [7, 11) is 0. The molecular formula is C18H20BrN. The second-order valence-electron chi connectivity index (χ2n) is 5.74. The quantitative estimate of drug-likeness (QED) is 0.826. The predicted molar refractivity (Wildman–Crippen MR) is 87.9 cm³/mol. The fourth-order valence-corrected chi connectivity index (χ4v) is 3.49. The molecule has 2 aromatic rings. The van der Waals surface area contributed by atoms with Gasteiger partial charge in [0.25, 0.3) is 0 Å². The van der Waals surface area contributed by atoms with Gasteiger partial charge >= 0.3 is 0 Å². The molecule has 0 bridgehead atoms. The first-order valence-corrected chi connectivity index (χ1v) is 8.04. The van der Waals surface area contributed by atoms with E-state index in [-0.39, 0.29) is 0 Å². The van der Waals surface area contributed by atoms with Crippen LogP contribution >= 0.6 is 15.9 Å². The van der Waals surface area contributed by atoms with Gasteiger partial charge in [-0.2, -0.15) is 0 Å². The van der Waals surface area contributed by atoms with Gasteiger partial charge in [-0.1, -0.05) is 51.8 Å². The second kappa shape index (κ2) is 5.71. The summed E-state index contributed by atoms with van der Waals surface area (Å²) < 4.78 is 1.14. The maximum absolute atomic E-state index is 3.78. The van der Waals surface area contributed by atoms with Gasteiger partial charge in [-0.25, -0.2) is 0 Å². The maximum Gasteiger partial charge on any atom is 0.0331 e. The molecule has 1 N–H and O–H groups in total. The average Bonchev–Trinajstić information content (AvgIpc) is 2.81. The SMILES string of the molecule is Cc1ccc2c(c1)C(NC(C)c1cccc(Br)c1)CC2. The summed E-state index contributed by atoms with van der Waals surface area (Å²) >= 11 is 3.55. The lowest BCUT2D eigenvalue weighted by atomic mass is 10.0. The van der Waals surface area contributed by atoms with Crippen molar-refractivity contribution in [1.29, 1.82) is 0 Å². The molecule has 0 saturated carbocycles. The number of hydrogen-bond acceptors (Lipinski definition) is 1. The van der Waals surface area contributed by atoms with Crippen molar-refractivity contribution in [3.8, 4) is 0 Å². The minimum Gasteiger partial charge on any atom is -0.303 e. The maximum atomic E-state index is 3.78. The van der Waals surface area contributed by atoms with Crippen LogP contribution < -0.4 is 5.32 Å². The summed E-state index contributed by atoms with van der Waals surface area (Å²) in [4.78, 5) is 0.